The molecular formula is C47H92NO9P. The Morgan fingerprint density at radius 1 is 0.534 bits per heavy atom. The fourth-order valence-corrected chi connectivity index (χ4v) is 7.79. The number of carboxylic acid groups (broad SMARTS) is 1. The molecule has 0 aliphatic heterocycles. The van der Waals surface area contributed by atoms with Gasteiger partial charge in [-0.3, -0.25) is 18.6 Å². The molecule has 0 bridgehead atoms. The summed E-state index contributed by atoms with van der Waals surface area (Å²) < 4.78 is 33.4. The van der Waals surface area contributed by atoms with E-state index in [1.807, 2.05) is 0 Å². The molecule has 0 saturated heterocycles. The molecule has 0 aromatic heterocycles. The average molecular weight is 846 g/mol. The molecule has 0 aromatic carbocycles. The molecule has 58 heavy (non-hydrogen) atoms. The van der Waals surface area contributed by atoms with E-state index in [1.165, 1.54) is 161 Å². The van der Waals surface area contributed by atoms with Crippen molar-refractivity contribution in [3.8, 4) is 0 Å². The predicted octanol–water partition coefficient (Wildman–Crippen LogP) is 13.7. The summed E-state index contributed by atoms with van der Waals surface area (Å²) in [5.41, 5.74) is 5.36. The first-order valence-electron chi connectivity index (χ1n) is 24.2. The number of unbranched alkanes of at least 4 members (excludes halogenated alkanes) is 31. The largest absolute Gasteiger partial charge is 0.480 e. The Bertz CT molecular complexity index is 982. The van der Waals surface area contributed by atoms with Crippen LogP contribution in [-0.2, 0) is 32.7 Å². The highest BCUT2D eigenvalue weighted by Gasteiger charge is 2.27. The van der Waals surface area contributed by atoms with Crippen LogP contribution in [0.4, 0.5) is 0 Å². The highest BCUT2D eigenvalue weighted by atomic mass is 31.2. The summed E-state index contributed by atoms with van der Waals surface area (Å²) in [6, 6.07) is -1.47. The Balaban J connectivity index is 4.12. The molecular weight excluding hydrogens is 753 g/mol. The van der Waals surface area contributed by atoms with Crippen LogP contribution in [0.25, 0.3) is 0 Å². The number of hydrogen-bond donors (Lipinski definition) is 3. The highest BCUT2D eigenvalue weighted by Crippen LogP contribution is 2.43. The standard InChI is InChI=1S/C47H92NO9P/c1-3-5-7-9-11-13-15-17-19-20-21-22-23-24-26-28-30-32-34-36-38-40-54-41-44(42-55-58(52,53)56-43-45(48)47(50)51)57-46(49)39-37-35-33-31-29-27-25-18-16-14-12-10-8-6-4-2/h18,25,44-45H,3-17,19-24,26-43,48H2,1-2H3,(H,50,51)(H,52,53)/b25-18-. The zero-order valence-electron chi connectivity index (χ0n) is 37.7. The van der Waals surface area contributed by atoms with E-state index in [4.69, 9.17) is 29.4 Å². The van der Waals surface area contributed by atoms with Gasteiger partial charge in [0.15, 0.2) is 0 Å². The minimum Gasteiger partial charge on any atom is -0.480 e. The lowest BCUT2D eigenvalue weighted by Crippen LogP contribution is -2.34. The van der Waals surface area contributed by atoms with E-state index < -0.39 is 45.1 Å². The molecule has 0 aliphatic carbocycles. The first-order valence-corrected chi connectivity index (χ1v) is 25.7. The van der Waals surface area contributed by atoms with Gasteiger partial charge in [0.25, 0.3) is 0 Å². The first kappa shape index (κ1) is 56.7. The monoisotopic (exact) mass is 846 g/mol. The van der Waals surface area contributed by atoms with Gasteiger partial charge in [-0.05, 0) is 38.5 Å². The van der Waals surface area contributed by atoms with Gasteiger partial charge in [0.1, 0.15) is 12.1 Å². The Hall–Kier alpha value is -1.29. The number of esters is 1. The molecule has 11 heteroatoms. The van der Waals surface area contributed by atoms with Gasteiger partial charge in [-0.1, -0.05) is 206 Å². The summed E-state index contributed by atoms with van der Waals surface area (Å²) in [6.45, 7) is 3.91. The van der Waals surface area contributed by atoms with E-state index in [-0.39, 0.29) is 13.0 Å². The second-order valence-corrected chi connectivity index (χ2v) is 18.1. The second-order valence-electron chi connectivity index (χ2n) is 16.6. The zero-order valence-corrected chi connectivity index (χ0v) is 38.6. The first-order chi connectivity index (χ1) is 28.2. The van der Waals surface area contributed by atoms with Crippen LogP contribution in [0.15, 0.2) is 12.2 Å². The number of rotatable bonds is 47. The molecule has 3 unspecified atom stereocenters. The summed E-state index contributed by atoms with van der Waals surface area (Å²) in [5.74, 6) is -1.78. The Morgan fingerprint density at radius 2 is 0.897 bits per heavy atom. The number of carboxylic acids is 1. The number of carbonyl (C=O) groups is 2. The van der Waals surface area contributed by atoms with Gasteiger partial charge in [-0.2, -0.15) is 0 Å². The van der Waals surface area contributed by atoms with Crippen LogP contribution < -0.4 is 5.73 Å². The number of hydrogen-bond acceptors (Lipinski definition) is 8. The lowest BCUT2D eigenvalue weighted by molar-refractivity contribution is -0.154. The molecule has 3 atom stereocenters. The van der Waals surface area contributed by atoms with E-state index in [0.29, 0.717) is 13.0 Å². The van der Waals surface area contributed by atoms with Gasteiger partial charge in [-0.25, -0.2) is 4.57 Å². The van der Waals surface area contributed by atoms with Crippen LogP contribution in [-0.4, -0.2) is 60.5 Å². The van der Waals surface area contributed by atoms with Crippen molar-refractivity contribution in [2.45, 2.75) is 251 Å². The van der Waals surface area contributed by atoms with Crippen LogP contribution in [0.2, 0.25) is 0 Å². The van der Waals surface area contributed by atoms with E-state index in [1.54, 1.807) is 0 Å². The van der Waals surface area contributed by atoms with Crippen molar-refractivity contribution in [1.82, 2.24) is 0 Å². The summed E-state index contributed by atoms with van der Waals surface area (Å²) in [5, 5.41) is 8.91. The molecule has 0 radical (unpaired) electrons. The van der Waals surface area contributed by atoms with E-state index in [9.17, 15) is 19.0 Å². The lowest BCUT2D eigenvalue weighted by atomic mass is 10.0. The van der Waals surface area contributed by atoms with Crippen molar-refractivity contribution < 1.29 is 42.7 Å². The Kier molecular flexibility index (Phi) is 42.8. The summed E-state index contributed by atoms with van der Waals surface area (Å²) in [7, 11) is -4.61. The van der Waals surface area contributed by atoms with Crippen molar-refractivity contribution >= 4 is 19.8 Å². The highest BCUT2D eigenvalue weighted by molar-refractivity contribution is 7.47. The van der Waals surface area contributed by atoms with E-state index in [2.05, 4.69) is 26.0 Å². The molecule has 0 fully saturated rings. The summed E-state index contributed by atoms with van der Waals surface area (Å²) >= 11 is 0. The zero-order chi connectivity index (χ0) is 42.6. The molecule has 0 saturated carbocycles. The SMILES string of the molecule is CCCCCCCC/C=C\CCCCCCCC(=O)OC(COCCCCCCCCCCCCCCCCCCCCCCC)COP(=O)(O)OCC(N)C(=O)O. The van der Waals surface area contributed by atoms with Crippen LogP contribution in [0.5, 0.6) is 0 Å². The quantitative estimate of drug-likeness (QED) is 0.0233. The van der Waals surface area contributed by atoms with Gasteiger partial charge in [-0.15, -0.1) is 0 Å². The molecule has 4 N–H and O–H groups in total. The third-order valence-corrected chi connectivity index (χ3v) is 11.7. The van der Waals surface area contributed by atoms with Gasteiger partial charge in [0.2, 0.25) is 0 Å². The number of nitrogens with two attached hydrogens (primary N) is 1. The fraction of sp³-hybridized carbons (Fsp3) is 0.915. The molecule has 0 amide bonds. The van der Waals surface area contributed by atoms with E-state index in [0.717, 1.165) is 51.4 Å². The molecule has 0 aromatic rings. The summed E-state index contributed by atoms with van der Waals surface area (Å²) in [4.78, 5) is 33.6. The van der Waals surface area contributed by atoms with Crippen molar-refractivity contribution in [1.29, 1.82) is 0 Å². The van der Waals surface area contributed by atoms with Crippen LogP contribution >= 0.6 is 7.82 Å². The number of allylic oxidation sites excluding steroid dienone is 2. The maximum absolute atomic E-state index is 12.6. The number of phosphoric acid groups is 1. The van der Waals surface area contributed by atoms with Crippen molar-refractivity contribution in [3.05, 3.63) is 12.2 Å². The molecule has 0 heterocycles. The third-order valence-electron chi connectivity index (χ3n) is 10.8. The number of carbonyl (C=O) groups excluding carboxylic acids is 1. The number of phosphoric ester groups is 1. The maximum Gasteiger partial charge on any atom is 0.472 e. The normalized spacial score (nSPS) is 13.9. The average Bonchev–Trinajstić information content (AvgIpc) is 3.20. The topological polar surface area (TPSA) is 155 Å². The van der Waals surface area contributed by atoms with Crippen LogP contribution in [0.1, 0.15) is 239 Å². The Labute approximate surface area is 356 Å². The van der Waals surface area contributed by atoms with Gasteiger partial charge in [0.05, 0.1) is 19.8 Å². The minimum atomic E-state index is -4.61. The van der Waals surface area contributed by atoms with Gasteiger partial charge >= 0.3 is 19.8 Å². The molecule has 344 valence electrons. The third kappa shape index (κ3) is 42.8. The molecule has 0 rings (SSSR count). The summed E-state index contributed by atoms with van der Waals surface area (Å²) in [6.07, 6.45) is 47.0. The van der Waals surface area contributed by atoms with Gasteiger partial charge in [0, 0.05) is 13.0 Å². The smallest absolute Gasteiger partial charge is 0.472 e. The van der Waals surface area contributed by atoms with E-state index >= 15 is 0 Å². The molecule has 0 spiro atoms. The van der Waals surface area contributed by atoms with Gasteiger partial charge < -0.3 is 25.2 Å². The number of aliphatic carboxylic acids is 1. The minimum absolute atomic E-state index is 0.0198. The Morgan fingerprint density at radius 3 is 1.31 bits per heavy atom. The molecule has 10 nitrogen and oxygen atoms in total. The second kappa shape index (κ2) is 43.8. The number of ether oxygens (including phenoxy) is 2. The lowest BCUT2D eigenvalue weighted by Gasteiger charge is -2.20. The molecule has 0 aliphatic rings. The fourth-order valence-electron chi connectivity index (χ4n) is 7.01. The van der Waals surface area contributed by atoms with Crippen molar-refractivity contribution in [2.24, 2.45) is 5.73 Å². The van der Waals surface area contributed by atoms with Crippen molar-refractivity contribution in [2.75, 3.05) is 26.4 Å². The van der Waals surface area contributed by atoms with Crippen LogP contribution in [0, 0.1) is 0 Å². The maximum atomic E-state index is 12.6. The predicted molar refractivity (Wildman–Crippen MR) is 240 cm³/mol. The van der Waals surface area contributed by atoms with Crippen molar-refractivity contribution in [3.63, 3.8) is 0 Å². The van der Waals surface area contributed by atoms with Crippen LogP contribution in [0.3, 0.4) is 0 Å².